The first kappa shape index (κ1) is 20.1. The molecule has 0 spiro atoms. The molecule has 148 valence electrons. The zero-order valence-electron chi connectivity index (χ0n) is 15.3. The highest BCUT2D eigenvalue weighted by Crippen LogP contribution is 2.32. The van der Waals surface area contributed by atoms with Crippen molar-refractivity contribution in [3.63, 3.8) is 0 Å². The van der Waals surface area contributed by atoms with Crippen LogP contribution >= 0.6 is 11.6 Å². The van der Waals surface area contributed by atoms with Crippen molar-refractivity contribution in [1.82, 2.24) is 4.98 Å². The summed E-state index contributed by atoms with van der Waals surface area (Å²) >= 11 is 5.79. The number of pyridine rings is 1. The van der Waals surface area contributed by atoms with Crippen LogP contribution in [0.2, 0.25) is 5.02 Å². The summed E-state index contributed by atoms with van der Waals surface area (Å²) in [6.07, 6.45) is 3.34. The highest BCUT2D eigenvalue weighted by atomic mass is 35.5. The molecule has 0 atom stereocenters. The number of nitro benzene ring substituents is 1. The molecule has 8 nitrogen and oxygen atoms in total. The van der Waals surface area contributed by atoms with Gasteiger partial charge in [-0.25, -0.2) is 0 Å². The van der Waals surface area contributed by atoms with E-state index in [4.69, 9.17) is 21.1 Å². The molecule has 0 saturated carbocycles. The average Bonchev–Trinajstić information content (AvgIpc) is 2.73. The summed E-state index contributed by atoms with van der Waals surface area (Å²) < 4.78 is 11.1. The summed E-state index contributed by atoms with van der Waals surface area (Å²) in [5.74, 6) is 0.237. The first-order valence-corrected chi connectivity index (χ1v) is 8.81. The highest BCUT2D eigenvalue weighted by molar-refractivity contribution is 6.31. The number of benzene rings is 2. The number of nitrogens with one attached hydrogen (secondary N) is 1. The second-order valence-electron chi connectivity index (χ2n) is 5.89. The van der Waals surface area contributed by atoms with Crippen LogP contribution in [0, 0.1) is 10.1 Å². The van der Waals surface area contributed by atoms with Crippen molar-refractivity contribution in [2.75, 3.05) is 12.4 Å². The fraction of sp³-hybridized carbons (Fsp3) is 0.100. The quantitative estimate of drug-likeness (QED) is 0.452. The molecule has 1 heterocycles. The van der Waals surface area contributed by atoms with E-state index in [1.807, 2.05) is 6.07 Å². The van der Waals surface area contributed by atoms with Crippen molar-refractivity contribution in [1.29, 1.82) is 0 Å². The maximum atomic E-state index is 12.6. The number of amides is 1. The van der Waals surface area contributed by atoms with Gasteiger partial charge in [-0.2, -0.15) is 0 Å². The number of nitrogens with zero attached hydrogens (tertiary/aromatic N) is 2. The van der Waals surface area contributed by atoms with Gasteiger partial charge in [0.15, 0.2) is 11.5 Å². The molecule has 1 amide bonds. The van der Waals surface area contributed by atoms with Gasteiger partial charge in [-0.05, 0) is 30.3 Å². The maximum Gasteiger partial charge on any atom is 0.283 e. The zero-order valence-corrected chi connectivity index (χ0v) is 16.1. The summed E-state index contributed by atoms with van der Waals surface area (Å²) in [6, 6.07) is 12.3. The third-order valence-corrected chi connectivity index (χ3v) is 4.17. The van der Waals surface area contributed by atoms with Crippen LogP contribution in [0.5, 0.6) is 11.5 Å². The second-order valence-corrected chi connectivity index (χ2v) is 6.32. The summed E-state index contributed by atoms with van der Waals surface area (Å²) in [4.78, 5) is 27.1. The van der Waals surface area contributed by atoms with Gasteiger partial charge in [0.25, 0.3) is 11.6 Å². The first-order chi connectivity index (χ1) is 14.0. The van der Waals surface area contributed by atoms with Gasteiger partial charge in [-0.1, -0.05) is 17.7 Å². The van der Waals surface area contributed by atoms with Crippen molar-refractivity contribution in [2.24, 2.45) is 0 Å². The van der Waals surface area contributed by atoms with Gasteiger partial charge in [0, 0.05) is 40.8 Å². The molecule has 0 aliphatic carbocycles. The Morgan fingerprint density at radius 2 is 2.03 bits per heavy atom. The lowest BCUT2D eigenvalue weighted by atomic mass is 10.1. The molecule has 29 heavy (non-hydrogen) atoms. The van der Waals surface area contributed by atoms with Gasteiger partial charge in [-0.15, -0.1) is 0 Å². The molecule has 0 radical (unpaired) electrons. The minimum absolute atomic E-state index is 0.104. The number of ether oxygens (including phenoxy) is 2. The Morgan fingerprint density at radius 1 is 1.21 bits per heavy atom. The van der Waals surface area contributed by atoms with Gasteiger partial charge >= 0.3 is 0 Å². The molecule has 3 rings (SSSR count). The molecule has 3 aromatic rings. The van der Waals surface area contributed by atoms with E-state index < -0.39 is 10.8 Å². The van der Waals surface area contributed by atoms with Crippen LogP contribution in [-0.4, -0.2) is 22.9 Å². The molecule has 9 heteroatoms. The van der Waals surface area contributed by atoms with Gasteiger partial charge < -0.3 is 14.8 Å². The average molecular weight is 414 g/mol. The highest BCUT2D eigenvalue weighted by Gasteiger charge is 2.21. The Kier molecular flexibility index (Phi) is 6.25. The number of nitro groups is 1. The van der Waals surface area contributed by atoms with Crippen LogP contribution in [0.25, 0.3) is 0 Å². The molecule has 1 N–H and O–H groups in total. The van der Waals surface area contributed by atoms with E-state index in [9.17, 15) is 14.9 Å². The zero-order chi connectivity index (χ0) is 20.8. The number of anilines is 1. The van der Waals surface area contributed by atoms with Gasteiger partial charge in [0.05, 0.1) is 12.0 Å². The second kappa shape index (κ2) is 9.03. The third-order valence-electron chi connectivity index (χ3n) is 3.94. The number of rotatable bonds is 7. The van der Waals surface area contributed by atoms with Crippen LogP contribution in [0.1, 0.15) is 15.9 Å². The number of halogens is 1. The molecule has 0 fully saturated rings. The van der Waals surface area contributed by atoms with Crippen molar-refractivity contribution >= 4 is 28.9 Å². The van der Waals surface area contributed by atoms with Crippen LogP contribution in [0.3, 0.4) is 0 Å². The number of carbonyl (C=O) groups is 1. The minimum Gasteiger partial charge on any atom is -0.493 e. The number of aromatic nitrogens is 1. The SMILES string of the molecule is COc1ccc(NC(=O)c2ccc(Cl)cc2[N+](=O)[O-])cc1OCc1cccnc1. The Bertz CT molecular complexity index is 1040. The lowest BCUT2D eigenvalue weighted by Crippen LogP contribution is -2.14. The van der Waals surface area contributed by atoms with Crippen LogP contribution < -0.4 is 14.8 Å². The van der Waals surface area contributed by atoms with E-state index in [0.717, 1.165) is 11.6 Å². The van der Waals surface area contributed by atoms with Crippen LogP contribution in [-0.2, 0) is 6.61 Å². The summed E-state index contributed by atoms with van der Waals surface area (Å²) in [5.41, 5.74) is 0.770. The van der Waals surface area contributed by atoms with Crippen molar-refractivity contribution in [3.8, 4) is 11.5 Å². The first-order valence-electron chi connectivity index (χ1n) is 8.43. The van der Waals surface area contributed by atoms with E-state index in [0.29, 0.717) is 17.2 Å². The van der Waals surface area contributed by atoms with Crippen LogP contribution in [0.15, 0.2) is 60.9 Å². The molecular formula is C20H16ClN3O5. The maximum absolute atomic E-state index is 12.6. The molecule has 2 aromatic carbocycles. The molecule has 0 bridgehead atoms. The summed E-state index contributed by atoms with van der Waals surface area (Å²) in [6.45, 7) is 0.254. The van der Waals surface area contributed by atoms with Gasteiger partial charge in [-0.3, -0.25) is 19.9 Å². The van der Waals surface area contributed by atoms with E-state index in [1.165, 1.54) is 19.2 Å². The van der Waals surface area contributed by atoms with E-state index in [-0.39, 0.29) is 22.9 Å². The van der Waals surface area contributed by atoms with Crippen molar-refractivity contribution in [2.45, 2.75) is 6.61 Å². The molecule has 0 aliphatic heterocycles. The van der Waals surface area contributed by atoms with E-state index >= 15 is 0 Å². The molecule has 0 aliphatic rings. The number of hydrogen-bond donors (Lipinski definition) is 1. The standard InChI is InChI=1S/C20H16ClN3O5/c1-28-18-7-5-15(10-19(18)29-12-13-3-2-8-22-11-13)23-20(25)16-6-4-14(21)9-17(16)24(26)27/h2-11H,12H2,1H3,(H,23,25). The predicted octanol–water partition coefficient (Wildman–Crippen LogP) is 4.48. The fourth-order valence-corrected chi connectivity index (χ4v) is 2.72. The Hall–Kier alpha value is -3.65. The Balaban J connectivity index is 1.81. The minimum atomic E-state index is -0.656. The normalized spacial score (nSPS) is 10.3. The van der Waals surface area contributed by atoms with Crippen LogP contribution in [0.4, 0.5) is 11.4 Å². The Labute approximate surface area is 171 Å². The number of methoxy groups -OCH3 is 1. The van der Waals surface area contributed by atoms with Crippen molar-refractivity contribution in [3.05, 3.63) is 87.2 Å². The lowest BCUT2D eigenvalue weighted by Gasteiger charge is -2.13. The van der Waals surface area contributed by atoms with Crippen molar-refractivity contribution < 1.29 is 19.2 Å². The Morgan fingerprint density at radius 3 is 2.72 bits per heavy atom. The third kappa shape index (κ3) is 4.99. The molecule has 0 unspecified atom stereocenters. The largest absolute Gasteiger partial charge is 0.493 e. The lowest BCUT2D eigenvalue weighted by molar-refractivity contribution is -0.385. The molecular weight excluding hydrogens is 398 g/mol. The molecule has 0 saturated heterocycles. The van der Waals surface area contributed by atoms with Gasteiger partial charge in [0.1, 0.15) is 12.2 Å². The topological polar surface area (TPSA) is 104 Å². The smallest absolute Gasteiger partial charge is 0.283 e. The summed E-state index contributed by atoms with van der Waals surface area (Å²) in [5, 5.41) is 14.0. The molecule has 1 aromatic heterocycles. The number of carbonyl (C=O) groups excluding carboxylic acids is 1. The predicted molar refractivity (Wildman–Crippen MR) is 108 cm³/mol. The van der Waals surface area contributed by atoms with Gasteiger partial charge in [0.2, 0.25) is 0 Å². The number of hydrogen-bond acceptors (Lipinski definition) is 6. The van der Waals surface area contributed by atoms with E-state index in [2.05, 4.69) is 10.3 Å². The summed E-state index contributed by atoms with van der Waals surface area (Å²) in [7, 11) is 1.50. The fourth-order valence-electron chi connectivity index (χ4n) is 2.56. The van der Waals surface area contributed by atoms with E-state index in [1.54, 1.807) is 36.7 Å². The monoisotopic (exact) mass is 413 g/mol.